The maximum atomic E-state index is 13.1. The summed E-state index contributed by atoms with van der Waals surface area (Å²) < 4.78 is 1.72. The van der Waals surface area contributed by atoms with Crippen LogP contribution in [0.25, 0.3) is 0 Å². The maximum Gasteiger partial charge on any atom is 0.308 e. The van der Waals surface area contributed by atoms with E-state index in [1.807, 2.05) is 42.1 Å². The Morgan fingerprint density at radius 2 is 1.71 bits per heavy atom. The molecule has 6 heteroatoms. The summed E-state index contributed by atoms with van der Waals surface area (Å²) in [7, 11) is 0. The number of nitrogens with one attached hydrogen (secondary N) is 1. The number of thioether (sulfide) groups is 1. The third-order valence-electron chi connectivity index (χ3n) is 7.21. The lowest BCUT2D eigenvalue weighted by atomic mass is 9.75. The van der Waals surface area contributed by atoms with Gasteiger partial charge in [-0.3, -0.25) is 14.2 Å². The van der Waals surface area contributed by atoms with Gasteiger partial charge in [-0.25, -0.2) is 0 Å². The van der Waals surface area contributed by atoms with Crippen LogP contribution in [0.1, 0.15) is 35.6 Å². The second kappa shape index (κ2) is 7.68. The van der Waals surface area contributed by atoms with Gasteiger partial charge in [0.15, 0.2) is 0 Å². The minimum absolute atomic E-state index is 0.0195. The molecule has 2 saturated carbocycles. The molecular formula is C25H24N2O2S2. The van der Waals surface area contributed by atoms with Gasteiger partial charge in [-0.1, -0.05) is 59.9 Å². The van der Waals surface area contributed by atoms with E-state index in [2.05, 4.69) is 35.6 Å². The molecule has 0 spiro atoms. The number of carbonyl (C=O) groups is 1. The highest BCUT2D eigenvalue weighted by Gasteiger charge is 2.55. The van der Waals surface area contributed by atoms with Gasteiger partial charge in [0.05, 0.1) is 5.03 Å². The molecular weight excluding hydrogens is 424 g/mol. The van der Waals surface area contributed by atoms with E-state index in [0.717, 1.165) is 22.5 Å². The summed E-state index contributed by atoms with van der Waals surface area (Å²) >= 11 is 3.23. The van der Waals surface area contributed by atoms with E-state index in [0.29, 0.717) is 11.2 Å². The summed E-state index contributed by atoms with van der Waals surface area (Å²) in [6.45, 7) is 0.0690. The molecule has 31 heavy (non-hydrogen) atoms. The highest BCUT2D eigenvalue weighted by atomic mass is 32.2. The van der Waals surface area contributed by atoms with Crippen molar-refractivity contribution in [2.24, 2.45) is 17.8 Å². The zero-order valence-electron chi connectivity index (χ0n) is 17.1. The fourth-order valence-electron chi connectivity index (χ4n) is 5.99. The topological polar surface area (TPSA) is 51.1 Å². The predicted molar refractivity (Wildman–Crippen MR) is 126 cm³/mol. The number of benzene rings is 2. The van der Waals surface area contributed by atoms with Gasteiger partial charge in [0.25, 0.3) is 0 Å². The molecule has 2 aliphatic carbocycles. The van der Waals surface area contributed by atoms with Gasteiger partial charge in [0.1, 0.15) is 6.54 Å². The van der Waals surface area contributed by atoms with Crippen LogP contribution in [0.15, 0.2) is 70.5 Å². The number of hydrogen-bond acceptors (Lipinski definition) is 4. The van der Waals surface area contributed by atoms with E-state index >= 15 is 0 Å². The fourth-order valence-corrected chi connectivity index (χ4v) is 9.14. The second-order valence-corrected chi connectivity index (χ2v) is 11.1. The van der Waals surface area contributed by atoms with Gasteiger partial charge in [-0.05, 0) is 54.7 Å². The average molecular weight is 449 g/mol. The van der Waals surface area contributed by atoms with Crippen molar-refractivity contribution in [1.82, 2.24) is 4.57 Å². The van der Waals surface area contributed by atoms with Gasteiger partial charge in [-0.2, -0.15) is 0 Å². The zero-order chi connectivity index (χ0) is 20.9. The van der Waals surface area contributed by atoms with Crippen molar-refractivity contribution < 1.29 is 4.79 Å². The molecule has 0 saturated heterocycles. The van der Waals surface area contributed by atoms with Gasteiger partial charge in [0, 0.05) is 21.7 Å². The van der Waals surface area contributed by atoms with Crippen LogP contribution in [-0.2, 0) is 11.3 Å². The molecule has 4 nitrogen and oxygen atoms in total. The molecule has 158 valence electrons. The summed E-state index contributed by atoms with van der Waals surface area (Å²) in [6, 6.07) is 20.1. The van der Waals surface area contributed by atoms with E-state index in [1.165, 1.54) is 41.0 Å². The van der Waals surface area contributed by atoms with E-state index in [-0.39, 0.29) is 23.2 Å². The molecule has 2 bridgehead atoms. The van der Waals surface area contributed by atoms with Crippen molar-refractivity contribution in [3.63, 3.8) is 0 Å². The van der Waals surface area contributed by atoms with E-state index in [1.54, 1.807) is 4.57 Å². The lowest BCUT2D eigenvalue weighted by Crippen LogP contribution is -2.34. The minimum atomic E-state index is -0.152. The Kier molecular flexibility index (Phi) is 4.80. The molecule has 1 aliphatic heterocycles. The van der Waals surface area contributed by atoms with Crippen LogP contribution in [0.2, 0.25) is 0 Å². The first kappa shape index (κ1) is 19.4. The monoisotopic (exact) mass is 448 g/mol. The summed E-state index contributed by atoms with van der Waals surface area (Å²) in [4.78, 5) is 27.0. The van der Waals surface area contributed by atoms with E-state index in [9.17, 15) is 9.59 Å². The lowest BCUT2D eigenvalue weighted by Gasteiger charge is -2.40. The normalized spacial score (nSPS) is 28.2. The standard InChI is InChI=1S/C25H24N2O2S2/c28-19(26-18-9-5-2-6-10-18)14-27-24-23(31-25(27)29)20(15-7-3-1-4-8-15)21-16-11-12-17(13-16)22(21)30-24/h1-10,16-17,20-22H,11-14H2,(H,26,28)/t16-,17-,20-,21-,22+/m0/s1. The molecule has 2 aromatic carbocycles. The summed E-state index contributed by atoms with van der Waals surface area (Å²) in [5.74, 6) is 2.21. The molecule has 2 fully saturated rings. The molecule has 2 heterocycles. The van der Waals surface area contributed by atoms with Crippen molar-refractivity contribution in [2.45, 2.75) is 42.0 Å². The van der Waals surface area contributed by atoms with Crippen molar-refractivity contribution in [2.75, 3.05) is 5.32 Å². The number of fused-ring (bicyclic) bond motifs is 6. The van der Waals surface area contributed by atoms with Crippen LogP contribution in [0, 0.1) is 17.8 Å². The van der Waals surface area contributed by atoms with Gasteiger partial charge < -0.3 is 5.32 Å². The number of thiazole rings is 1. The molecule has 6 rings (SSSR count). The molecule has 5 atom stereocenters. The molecule has 3 aliphatic rings. The number of carbonyl (C=O) groups excluding carboxylic acids is 1. The van der Waals surface area contributed by atoms with Gasteiger partial charge in [-0.15, -0.1) is 11.8 Å². The molecule has 1 N–H and O–H groups in total. The Labute approximate surface area is 189 Å². The summed E-state index contributed by atoms with van der Waals surface area (Å²) in [6.07, 6.45) is 3.94. The molecule has 1 aromatic heterocycles. The predicted octanol–water partition coefficient (Wildman–Crippen LogP) is 5.20. The maximum absolute atomic E-state index is 13.1. The third kappa shape index (κ3) is 3.28. The Bertz CT molecular complexity index is 1170. The number of nitrogens with zero attached hydrogens (tertiary/aromatic N) is 1. The van der Waals surface area contributed by atoms with Crippen LogP contribution in [0.5, 0.6) is 0 Å². The van der Waals surface area contributed by atoms with E-state index in [4.69, 9.17) is 0 Å². The first-order chi connectivity index (χ1) is 15.2. The SMILES string of the molecule is O=C(Cn1c2c(sc1=O)[C@@H](c1ccccc1)[C@@H]1[C@H]3CC[C@@H](C3)[C@H]1S2)Nc1ccccc1. The average Bonchev–Trinajstić information content (AvgIpc) is 3.48. The summed E-state index contributed by atoms with van der Waals surface area (Å²) in [5, 5.41) is 4.51. The van der Waals surface area contributed by atoms with Gasteiger partial charge in [0.2, 0.25) is 5.91 Å². The minimum Gasteiger partial charge on any atom is -0.325 e. The third-order valence-corrected chi connectivity index (χ3v) is 10.0. The Morgan fingerprint density at radius 3 is 2.48 bits per heavy atom. The molecule has 1 amide bonds. The van der Waals surface area contributed by atoms with Crippen LogP contribution in [0.4, 0.5) is 5.69 Å². The number of aromatic nitrogens is 1. The van der Waals surface area contributed by atoms with Crippen molar-refractivity contribution >= 4 is 34.7 Å². The second-order valence-electron chi connectivity index (χ2n) is 8.92. The fraction of sp³-hybridized carbons (Fsp3) is 0.360. The first-order valence-corrected chi connectivity index (χ1v) is 12.7. The van der Waals surface area contributed by atoms with Crippen molar-refractivity contribution in [3.8, 4) is 0 Å². The van der Waals surface area contributed by atoms with Gasteiger partial charge >= 0.3 is 4.87 Å². The van der Waals surface area contributed by atoms with Crippen LogP contribution in [0.3, 0.4) is 0 Å². The summed E-state index contributed by atoms with van der Waals surface area (Å²) in [5.41, 5.74) is 2.07. The highest BCUT2D eigenvalue weighted by Crippen LogP contribution is 2.63. The smallest absolute Gasteiger partial charge is 0.308 e. The van der Waals surface area contributed by atoms with Crippen LogP contribution in [-0.4, -0.2) is 15.7 Å². The largest absolute Gasteiger partial charge is 0.325 e. The number of para-hydroxylation sites is 1. The first-order valence-electron chi connectivity index (χ1n) is 11.0. The number of hydrogen-bond donors (Lipinski definition) is 1. The number of anilines is 1. The van der Waals surface area contributed by atoms with Crippen LogP contribution >= 0.6 is 23.1 Å². The lowest BCUT2D eigenvalue weighted by molar-refractivity contribution is -0.116. The quantitative estimate of drug-likeness (QED) is 0.597. The van der Waals surface area contributed by atoms with Crippen molar-refractivity contribution in [3.05, 3.63) is 80.8 Å². The Balaban J connectivity index is 1.38. The zero-order valence-corrected chi connectivity index (χ0v) is 18.7. The Hall–Kier alpha value is -2.31. The molecule has 3 aromatic rings. The van der Waals surface area contributed by atoms with Crippen molar-refractivity contribution in [1.29, 1.82) is 0 Å². The molecule has 0 unspecified atom stereocenters. The number of amides is 1. The van der Waals surface area contributed by atoms with E-state index < -0.39 is 0 Å². The van der Waals surface area contributed by atoms with Crippen LogP contribution < -0.4 is 10.2 Å². The molecule has 0 radical (unpaired) electrons. The number of rotatable bonds is 4. The Morgan fingerprint density at radius 1 is 1.00 bits per heavy atom. The highest BCUT2D eigenvalue weighted by molar-refractivity contribution is 8.00.